The van der Waals surface area contributed by atoms with E-state index in [1.54, 1.807) is 6.08 Å². The van der Waals surface area contributed by atoms with E-state index in [0.717, 1.165) is 12.7 Å². The molecule has 16 heavy (non-hydrogen) atoms. The quantitative estimate of drug-likeness (QED) is 0.236. The van der Waals surface area contributed by atoms with Crippen LogP contribution in [-0.4, -0.2) is 6.29 Å². The first-order chi connectivity index (χ1) is 7.72. The highest BCUT2D eigenvalue weighted by Gasteiger charge is 1.96. The molecule has 0 saturated carbocycles. The van der Waals surface area contributed by atoms with Crippen molar-refractivity contribution in [2.24, 2.45) is 0 Å². The first-order valence-corrected chi connectivity index (χ1v) is 6.50. The van der Waals surface area contributed by atoms with Crippen molar-refractivity contribution in [1.29, 1.82) is 0 Å². The number of hydrogen-bond acceptors (Lipinski definition) is 1. The molecule has 0 aliphatic carbocycles. The molecule has 1 heteroatoms. The van der Waals surface area contributed by atoms with Crippen molar-refractivity contribution < 1.29 is 4.79 Å². The lowest BCUT2D eigenvalue weighted by Crippen LogP contribution is -1.85. The van der Waals surface area contributed by atoms with Gasteiger partial charge in [0.1, 0.15) is 6.29 Å². The molecule has 0 fully saturated rings. The second-order valence-corrected chi connectivity index (χ2v) is 4.54. The molecular formula is C15H26O. The van der Waals surface area contributed by atoms with E-state index in [1.165, 1.54) is 49.7 Å². The summed E-state index contributed by atoms with van der Waals surface area (Å²) < 4.78 is 0. The van der Waals surface area contributed by atoms with Gasteiger partial charge in [-0.3, -0.25) is 4.79 Å². The van der Waals surface area contributed by atoms with Crippen LogP contribution in [0.4, 0.5) is 0 Å². The minimum atomic E-state index is 0.851. The third-order valence-electron chi connectivity index (χ3n) is 2.82. The fourth-order valence-corrected chi connectivity index (χ4v) is 1.75. The number of carbonyl (C=O) groups excluding carboxylic acids is 1. The van der Waals surface area contributed by atoms with Crippen LogP contribution in [0.1, 0.15) is 65.7 Å². The van der Waals surface area contributed by atoms with E-state index in [9.17, 15) is 4.79 Å². The van der Waals surface area contributed by atoms with E-state index in [0.29, 0.717) is 0 Å². The summed E-state index contributed by atoms with van der Waals surface area (Å²) in [4.78, 5) is 10.3. The predicted octanol–water partition coefficient (Wildman–Crippen LogP) is 4.83. The summed E-state index contributed by atoms with van der Waals surface area (Å²) in [6.45, 7) is 6.47. The molecule has 0 N–H and O–H groups in total. The Morgan fingerprint density at radius 3 is 2.19 bits per heavy atom. The number of unbranched alkanes of at least 4 members (excludes halogenated alkanes) is 5. The molecule has 0 radical (unpaired) electrons. The maximum absolute atomic E-state index is 10.3. The van der Waals surface area contributed by atoms with E-state index in [2.05, 4.69) is 20.8 Å². The predicted molar refractivity (Wildman–Crippen MR) is 71.6 cm³/mol. The van der Waals surface area contributed by atoms with Gasteiger partial charge in [-0.25, -0.2) is 0 Å². The van der Waals surface area contributed by atoms with Gasteiger partial charge in [-0.15, -0.1) is 0 Å². The van der Waals surface area contributed by atoms with Gasteiger partial charge in [-0.1, -0.05) is 50.7 Å². The summed E-state index contributed by atoms with van der Waals surface area (Å²) in [5.41, 5.74) is 2.65. The summed E-state index contributed by atoms with van der Waals surface area (Å²) in [5.74, 6) is 0. The van der Waals surface area contributed by atoms with Crippen molar-refractivity contribution in [2.75, 3.05) is 0 Å². The van der Waals surface area contributed by atoms with Crippen LogP contribution in [0.25, 0.3) is 0 Å². The molecule has 0 rings (SSSR count). The SMILES string of the molecule is CCCCCCCCC(C=CC=O)=C(C)C. The Hall–Kier alpha value is -0.850. The molecule has 0 bridgehead atoms. The third-order valence-corrected chi connectivity index (χ3v) is 2.82. The molecule has 0 atom stereocenters. The molecule has 0 spiro atoms. The molecule has 0 heterocycles. The molecular weight excluding hydrogens is 196 g/mol. The number of rotatable bonds is 9. The van der Waals surface area contributed by atoms with Crippen LogP contribution in [0.2, 0.25) is 0 Å². The summed E-state index contributed by atoms with van der Waals surface area (Å²) in [6.07, 6.45) is 13.4. The maximum atomic E-state index is 10.3. The van der Waals surface area contributed by atoms with Crippen molar-refractivity contribution >= 4 is 6.29 Å². The highest BCUT2D eigenvalue weighted by molar-refractivity contribution is 5.65. The first kappa shape index (κ1) is 15.2. The Bertz CT molecular complexity index is 232. The largest absolute Gasteiger partial charge is 0.299 e. The van der Waals surface area contributed by atoms with E-state index >= 15 is 0 Å². The highest BCUT2D eigenvalue weighted by Crippen LogP contribution is 2.15. The third kappa shape index (κ3) is 8.46. The molecule has 0 aromatic heterocycles. The first-order valence-electron chi connectivity index (χ1n) is 6.50. The van der Waals surface area contributed by atoms with Gasteiger partial charge in [0.2, 0.25) is 0 Å². The van der Waals surface area contributed by atoms with Crippen LogP contribution in [0.3, 0.4) is 0 Å². The summed E-state index contributed by atoms with van der Waals surface area (Å²) in [5, 5.41) is 0. The van der Waals surface area contributed by atoms with Crippen molar-refractivity contribution in [3.63, 3.8) is 0 Å². The minimum absolute atomic E-state index is 0.851. The van der Waals surface area contributed by atoms with Crippen LogP contribution < -0.4 is 0 Å². The Kier molecular flexibility index (Phi) is 10.1. The van der Waals surface area contributed by atoms with Crippen molar-refractivity contribution in [3.05, 3.63) is 23.3 Å². The van der Waals surface area contributed by atoms with Gasteiger partial charge in [-0.2, -0.15) is 0 Å². The zero-order valence-corrected chi connectivity index (χ0v) is 11.1. The van der Waals surface area contributed by atoms with Crippen LogP contribution in [0.15, 0.2) is 23.3 Å². The van der Waals surface area contributed by atoms with E-state index in [1.807, 2.05) is 6.08 Å². The highest BCUT2D eigenvalue weighted by atomic mass is 16.1. The molecule has 0 aliphatic rings. The summed E-state index contributed by atoms with van der Waals surface area (Å²) in [6, 6.07) is 0. The minimum Gasteiger partial charge on any atom is -0.299 e. The molecule has 0 saturated heterocycles. The maximum Gasteiger partial charge on any atom is 0.142 e. The summed E-state index contributed by atoms with van der Waals surface area (Å²) in [7, 11) is 0. The van der Waals surface area contributed by atoms with Crippen molar-refractivity contribution in [1.82, 2.24) is 0 Å². The van der Waals surface area contributed by atoms with Crippen molar-refractivity contribution in [3.8, 4) is 0 Å². The van der Waals surface area contributed by atoms with Gasteiger partial charge in [0.15, 0.2) is 0 Å². The summed E-state index contributed by atoms with van der Waals surface area (Å²) >= 11 is 0. The van der Waals surface area contributed by atoms with Gasteiger partial charge in [0.25, 0.3) is 0 Å². The normalized spacial score (nSPS) is 10.7. The monoisotopic (exact) mass is 222 g/mol. The smallest absolute Gasteiger partial charge is 0.142 e. The Morgan fingerprint density at radius 2 is 1.62 bits per heavy atom. The van der Waals surface area contributed by atoms with Gasteiger partial charge in [0.05, 0.1) is 0 Å². The number of hydrogen-bond donors (Lipinski definition) is 0. The lowest BCUT2D eigenvalue weighted by atomic mass is 10.0. The van der Waals surface area contributed by atoms with Gasteiger partial charge in [-0.05, 0) is 38.3 Å². The lowest BCUT2D eigenvalue weighted by molar-refractivity contribution is -0.104. The number of allylic oxidation sites excluding steroid dienone is 4. The van der Waals surface area contributed by atoms with E-state index in [-0.39, 0.29) is 0 Å². The van der Waals surface area contributed by atoms with Crippen LogP contribution in [0.5, 0.6) is 0 Å². The Balaban J connectivity index is 3.75. The molecule has 0 aromatic rings. The lowest BCUT2D eigenvalue weighted by Gasteiger charge is -2.05. The second kappa shape index (κ2) is 10.7. The molecule has 0 aromatic carbocycles. The fraction of sp³-hybridized carbons (Fsp3) is 0.667. The molecule has 0 amide bonds. The standard InChI is InChI=1S/C15H26O/c1-4-5-6-7-8-9-11-15(14(2)3)12-10-13-16/h10,12-13H,4-9,11H2,1-3H3. The van der Waals surface area contributed by atoms with Crippen molar-refractivity contribution in [2.45, 2.75) is 65.7 Å². The fourth-order valence-electron chi connectivity index (χ4n) is 1.75. The molecule has 1 nitrogen and oxygen atoms in total. The molecule has 92 valence electrons. The van der Waals surface area contributed by atoms with E-state index < -0.39 is 0 Å². The molecule has 0 unspecified atom stereocenters. The van der Waals surface area contributed by atoms with Crippen LogP contribution in [-0.2, 0) is 4.79 Å². The topological polar surface area (TPSA) is 17.1 Å². The average Bonchev–Trinajstić information content (AvgIpc) is 2.26. The number of aldehydes is 1. The van der Waals surface area contributed by atoms with E-state index in [4.69, 9.17) is 0 Å². The average molecular weight is 222 g/mol. The Labute approximate surface area is 101 Å². The number of carbonyl (C=O) groups is 1. The van der Waals surface area contributed by atoms with Gasteiger partial charge < -0.3 is 0 Å². The Morgan fingerprint density at radius 1 is 1.00 bits per heavy atom. The second-order valence-electron chi connectivity index (χ2n) is 4.54. The van der Waals surface area contributed by atoms with Crippen LogP contribution in [0, 0.1) is 0 Å². The zero-order valence-electron chi connectivity index (χ0n) is 11.1. The molecule has 0 aliphatic heterocycles. The van der Waals surface area contributed by atoms with Crippen LogP contribution >= 0.6 is 0 Å². The van der Waals surface area contributed by atoms with Gasteiger partial charge in [0, 0.05) is 0 Å². The van der Waals surface area contributed by atoms with Gasteiger partial charge >= 0.3 is 0 Å². The zero-order chi connectivity index (χ0) is 12.2.